The van der Waals surface area contributed by atoms with Crippen molar-refractivity contribution in [2.24, 2.45) is 0 Å². The molecule has 140 valence electrons. The molecule has 1 spiro atoms. The lowest BCUT2D eigenvalue weighted by Gasteiger charge is -2.45. The number of nitriles is 1. The smallest absolute Gasteiger partial charge is 0.471 e. The minimum Gasteiger partial charge on any atom is -0.479 e. The number of ether oxygens (including phenoxy) is 1. The lowest BCUT2D eigenvalue weighted by atomic mass is 9.86. The Kier molecular flexibility index (Phi) is 3.70. The Balaban J connectivity index is 1.74. The zero-order valence-electron chi connectivity index (χ0n) is 13.9. The monoisotopic (exact) mass is 379 g/mol. The molecular weight excluding hydrogens is 366 g/mol. The normalized spacial score (nSPS) is 17.7. The van der Waals surface area contributed by atoms with Crippen molar-refractivity contribution in [3.05, 3.63) is 47.5 Å². The highest BCUT2D eigenvalue weighted by atomic mass is 19.4. The summed E-state index contributed by atoms with van der Waals surface area (Å²) in [6, 6.07) is 9.40. The summed E-state index contributed by atoms with van der Waals surface area (Å²) in [7, 11) is 0. The lowest BCUT2D eigenvalue weighted by Crippen LogP contribution is -2.52. The van der Waals surface area contributed by atoms with E-state index in [0.29, 0.717) is 5.69 Å². The Morgan fingerprint density at radius 1 is 1.19 bits per heavy atom. The molecule has 1 aromatic heterocycles. The molecule has 9 heteroatoms. The van der Waals surface area contributed by atoms with Gasteiger partial charge in [0.15, 0.2) is 11.4 Å². The van der Waals surface area contributed by atoms with E-state index in [0.717, 1.165) is 4.90 Å². The second-order valence-electron chi connectivity index (χ2n) is 6.52. The summed E-state index contributed by atoms with van der Waals surface area (Å²) in [6.45, 7) is -0.313. The third kappa shape index (κ3) is 2.55. The highest BCUT2D eigenvalue weighted by Gasteiger charge is 2.49. The number of rotatable bonds is 0. The molecule has 2 aliphatic rings. The Bertz CT molecular complexity index is 966. The first-order valence-electron chi connectivity index (χ1n) is 8.23. The third-order valence-corrected chi connectivity index (χ3v) is 5.04. The molecule has 1 aromatic carbocycles. The predicted octanol–water partition coefficient (Wildman–Crippen LogP) is 3.26. The van der Waals surface area contributed by atoms with Crippen LogP contribution in [0, 0.1) is 17.1 Å². The number of nitrogens with zero attached hydrogens (tertiary/aromatic N) is 3. The molecule has 3 heterocycles. The summed E-state index contributed by atoms with van der Waals surface area (Å²) >= 11 is 0. The van der Waals surface area contributed by atoms with Crippen LogP contribution in [0.4, 0.5) is 17.6 Å². The standard InChI is InChI=1S/C18H13F4N3O2/c19-12-2-1-3-13-15(12)25-11(10-23)4-5-14(25)17(27-13)6-8-24(9-7-17)16(26)18(20,21)22/h1-5H,6-9H2. The summed E-state index contributed by atoms with van der Waals surface area (Å²) in [4.78, 5) is 12.2. The van der Waals surface area contributed by atoms with Gasteiger partial charge >= 0.3 is 12.1 Å². The van der Waals surface area contributed by atoms with Crippen molar-refractivity contribution in [2.45, 2.75) is 24.6 Å². The molecule has 0 aliphatic carbocycles. The molecular formula is C18H13F4N3O2. The summed E-state index contributed by atoms with van der Waals surface area (Å²) < 4.78 is 60.0. The number of hydrogen-bond acceptors (Lipinski definition) is 3. The first-order valence-corrected chi connectivity index (χ1v) is 8.23. The SMILES string of the molecule is N#Cc1ccc2n1-c1c(F)cccc1OC21CCN(C(=O)C(F)(F)F)CC1. The zero-order valence-corrected chi connectivity index (χ0v) is 13.9. The van der Waals surface area contributed by atoms with Crippen LogP contribution in [0.15, 0.2) is 30.3 Å². The second kappa shape index (κ2) is 5.74. The Morgan fingerprint density at radius 2 is 1.89 bits per heavy atom. The van der Waals surface area contributed by atoms with Crippen LogP contribution in [0.1, 0.15) is 24.2 Å². The molecule has 5 nitrogen and oxygen atoms in total. The molecule has 2 aromatic rings. The van der Waals surface area contributed by atoms with Crippen molar-refractivity contribution in [3.8, 4) is 17.5 Å². The lowest BCUT2D eigenvalue weighted by molar-refractivity contribution is -0.188. The summed E-state index contributed by atoms with van der Waals surface area (Å²) in [5.74, 6) is -2.24. The highest BCUT2D eigenvalue weighted by Crippen LogP contribution is 2.46. The molecule has 0 N–H and O–H groups in total. The van der Waals surface area contributed by atoms with Crippen LogP contribution < -0.4 is 4.74 Å². The number of alkyl halides is 3. The van der Waals surface area contributed by atoms with Gasteiger partial charge in [-0.1, -0.05) is 6.07 Å². The van der Waals surface area contributed by atoms with Gasteiger partial charge in [-0.3, -0.25) is 9.36 Å². The molecule has 27 heavy (non-hydrogen) atoms. The van der Waals surface area contributed by atoms with E-state index in [4.69, 9.17) is 4.74 Å². The number of piperidine rings is 1. The summed E-state index contributed by atoms with van der Waals surface area (Å²) in [5, 5.41) is 9.38. The van der Waals surface area contributed by atoms with Crippen molar-refractivity contribution in [2.75, 3.05) is 13.1 Å². The maximum Gasteiger partial charge on any atom is 0.471 e. The van der Waals surface area contributed by atoms with Gasteiger partial charge in [0.05, 0.1) is 5.69 Å². The number of fused-ring (bicyclic) bond motifs is 4. The van der Waals surface area contributed by atoms with Gasteiger partial charge in [-0.15, -0.1) is 0 Å². The van der Waals surface area contributed by atoms with Gasteiger partial charge in [0.25, 0.3) is 0 Å². The number of hydrogen-bond donors (Lipinski definition) is 0. The average molecular weight is 379 g/mol. The maximum absolute atomic E-state index is 14.4. The summed E-state index contributed by atoms with van der Waals surface area (Å²) in [5.41, 5.74) is -0.227. The number of halogens is 4. The highest BCUT2D eigenvalue weighted by molar-refractivity contribution is 5.82. The zero-order chi connectivity index (χ0) is 19.4. The van der Waals surface area contributed by atoms with Crippen molar-refractivity contribution >= 4 is 5.91 Å². The molecule has 1 amide bonds. The van der Waals surface area contributed by atoms with Gasteiger partial charge in [-0.05, 0) is 24.3 Å². The second-order valence-corrected chi connectivity index (χ2v) is 6.52. The van der Waals surface area contributed by atoms with Crippen LogP contribution in [0.2, 0.25) is 0 Å². The van der Waals surface area contributed by atoms with E-state index < -0.39 is 23.5 Å². The van der Waals surface area contributed by atoms with Gasteiger partial charge in [0, 0.05) is 25.9 Å². The molecule has 1 saturated heterocycles. The number of benzene rings is 1. The van der Waals surface area contributed by atoms with E-state index in [9.17, 15) is 27.6 Å². The van der Waals surface area contributed by atoms with E-state index in [2.05, 4.69) is 0 Å². The topological polar surface area (TPSA) is 58.3 Å². The molecule has 0 radical (unpaired) electrons. The van der Waals surface area contributed by atoms with Crippen LogP contribution in [0.5, 0.6) is 5.75 Å². The molecule has 0 atom stereocenters. The fraction of sp³-hybridized carbons (Fsp3) is 0.333. The molecule has 4 rings (SSSR count). The largest absolute Gasteiger partial charge is 0.479 e. The average Bonchev–Trinajstić information content (AvgIpc) is 3.06. The van der Waals surface area contributed by atoms with Gasteiger partial charge in [-0.2, -0.15) is 18.4 Å². The number of carbonyl (C=O) groups excluding carboxylic acids is 1. The minimum atomic E-state index is -4.93. The molecule has 1 fully saturated rings. The van der Waals surface area contributed by atoms with E-state index in [-0.39, 0.29) is 43.1 Å². The third-order valence-electron chi connectivity index (χ3n) is 5.04. The van der Waals surface area contributed by atoms with Gasteiger partial charge in [0.2, 0.25) is 0 Å². The number of aromatic nitrogens is 1. The fourth-order valence-electron chi connectivity index (χ4n) is 3.79. The van der Waals surface area contributed by atoms with E-state index in [1.165, 1.54) is 22.8 Å². The number of likely N-dealkylation sites (tertiary alicyclic amines) is 1. The molecule has 0 unspecified atom stereocenters. The predicted molar refractivity (Wildman–Crippen MR) is 84.6 cm³/mol. The number of para-hydroxylation sites is 1. The van der Waals surface area contributed by atoms with Crippen LogP contribution in [-0.4, -0.2) is 34.6 Å². The Labute approximate surface area is 151 Å². The van der Waals surface area contributed by atoms with Crippen molar-refractivity contribution in [3.63, 3.8) is 0 Å². The van der Waals surface area contributed by atoms with Crippen LogP contribution in [0.3, 0.4) is 0 Å². The van der Waals surface area contributed by atoms with E-state index in [1.807, 2.05) is 6.07 Å². The Hall–Kier alpha value is -3.02. The van der Waals surface area contributed by atoms with Crippen LogP contribution in [-0.2, 0) is 10.4 Å². The van der Waals surface area contributed by atoms with Gasteiger partial charge in [-0.25, -0.2) is 4.39 Å². The van der Waals surface area contributed by atoms with Crippen LogP contribution >= 0.6 is 0 Å². The molecule has 2 aliphatic heterocycles. The first kappa shape index (κ1) is 17.4. The van der Waals surface area contributed by atoms with E-state index >= 15 is 0 Å². The van der Waals surface area contributed by atoms with Gasteiger partial charge < -0.3 is 9.64 Å². The van der Waals surface area contributed by atoms with E-state index in [1.54, 1.807) is 12.1 Å². The molecule has 0 bridgehead atoms. The number of carbonyl (C=O) groups is 1. The fourth-order valence-corrected chi connectivity index (χ4v) is 3.79. The van der Waals surface area contributed by atoms with Crippen molar-refractivity contribution in [1.29, 1.82) is 5.26 Å². The maximum atomic E-state index is 14.4. The quantitative estimate of drug-likeness (QED) is 0.661. The molecule has 0 saturated carbocycles. The van der Waals surface area contributed by atoms with Crippen molar-refractivity contribution in [1.82, 2.24) is 9.47 Å². The Morgan fingerprint density at radius 3 is 2.52 bits per heavy atom. The van der Waals surface area contributed by atoms with Crippen LogP contribution in [0.25, 0.3) is 5.69 Å². The minimum absolute atomic E-state index is 0.0969. The van der Waals surface area contributed by atoms with Gasteiger partial charge in [0.1, 0.15) is 23.2 Å². The number of amides is 1. The first-order chi connectivity index (χ1) is 12.8. The summed E-state index contributed by atoms with van der Waals surface area (Å²) in [6.07, 6.45) is -4.73. The van der Waals surface area contributed by atoms with Crippen molar-refractivity contribution < 1.29 is 27.1 Å².